The lowest BCUT2D eigenvalue weighted by Crippen LogP contribution is -2.36. The van der Waals surface area contributed by atoms with Gasteiger partial charge in [0.1, 0.15) is 0 Å². The molecule has 1 aliphatic rings. The molecule has 0 bridgehead atoms. The molecule has 2 N–H and O–H groups in total. The highest BCUT2D eigenvalue weighted by molar-refractivity contribution is 5.55. The van der Waals surface area contributed by atoms with Gasteiger partial charge in [-0.3, -0.25) is 0 Å². The van der Waals surface area contributed by atoms with Crippen molar-refractivity contribution in [1.29, 1.82) is 0 Å². The Labute approximate surface area is 121 Å². The summed E-state index contributed by atoms with van der Waals surface area (Å²) in [6.45, 7) is 4.74. The van der Waals surface area contributed by atoms with Gasteiger partial charge in [0.15, 0.2) is 0 Å². The van der Waals surface area contributed by atoms with E-state index in [0.29, 0.717) is 13.1 Å². The highest BCUT2D eigenvalue weighted by atomic mass is 16.5. The molecule has 0 radical (unpaired) electrons. The summed E-state index contributed by atoms with van der Waals surface area (Å²) in [7, 11) is 3.92. The van der Waals surface area contributed by atoms with Crippen LogP contribution in [0.5, 0.6) is 0 Å². The van der Waals surface area contributed by atoms with Gasteiger partial charge in [0.05, 0.1) is 19.3 Å². The molecule has 1 unspecified atom stereocenters. The molecule has 112 valence electrons. The van der Waals surface area contributed by atoms with E-state index in [2.05, 4.69) is 34.5 Å². The van der Waals surface area contributed by atoms with Crippen LogP contribution in [0.3, 0.4) is 0 Å². The van der Waals surface area contributed by atoms with E-state index in [1.165, 1.54) is 5.69 Å². The van der Waals surface area contributed by atoms with Crippen molar-refractivity contribution >= 4 is 11.4 Å². The number of hydrogen-bond donors (Lipinski definition) is 2. The molecule has 1 aromatic rings. The van der Waals surface area contributed by atoms with Crippen molar-refractivity contribution in [3.8, 4) is 0 Å². The van der Waals surface area contributed by atoms with Gasteiger partial charge >= 0.3 is 0 Å². The summed E-state index contributed by atoms with van der Waals surface area (Å²) in [4.78, 5) is 4.31. The van der Waals surface area contributed by atoms with Crippen LogP contribution in [0, 0.1) is 0 Å². The maximum atomic E-state index is 9.81. The topological polar surface area (TPSA) is 48.0 Å². The molecule has 20 heavy (non-hydrogen) atoms. The van der Waals surface area contributed by atoms with Gasteiger partial charge in [0.2, 0.25) is 0 Å². The maximum Gasteiger partial charge on any atom is 0.0838 e. The van der Waals surface area contributed by atoms with E-state index in [4.69, 9.17) is 4.74 Å². The van der Waals surface area contributed by atoms with Gasteiger partial charge in [0, 0.05) is 37.6 Å². The third kappa shape index (κ3) is 4.67. The lowest BCUT2D eigenvalue weighted by molar-refractivity contribution is 0.122. The summed E-state index contributed by atoms with van der Waals surface area (Å²) in [6, 6.07) is 8.36. The van der Waals surface area contributed by atoms with Crippen molar-refractivity contribution in [2.45, 2.75) is 6.10 Å². The lowest BCUT2D eigenvalue weighted by atomic mass is 10.2. The predicted octanol–water partition coefficient (Wildman–Crippen LogP) is 0.858. The number of benzene rings is 1. The van der Waals surface area contributed by atoms with Crippen molar-refractivity contribution in [3.05, 3.63) is 24.3 Å². The molecular weight excluding hydrogens is 254 g/mol. The van der Waals surface area contributed by atoms with Crippen molar-refractivity contribution in [2.75, 3.05) is 63.7 Å². The quantitative estimate of drug-likeness (QED) is 0.809. The van der Waals surface area contributed by atoms with Crippen LogP contribution in [-0.2, 0) is 4.74 Å². The molecule has 0 amide bonds. The summed E-state index contributed by atoms with van der Waals surface area (Å²) < 4.78 is 5.36. The van der Waals surface area contributed by atoms with Crippen LogP contribution in [0.15, 0.2) is 24.3 Å². The van der Waals surface area contributed by atoms with Gasteiger partial charge in [-0.1, -0.05) is 0 Å². The van der Waals surface area contributed by atoms with E-state index in [1.54, 1.807) is 0 Å². The minimum atomic E-state index is -0.357. The molecule has 1 fully saturated rings. The van der Waals surface area contributed by atoms with Crippen LogP contribution in [0.2, 0.25) is 0 Å². The normalized spacial score (nSPS) is 17.3. The Morgan fingerprint density at radius 2 is 1.90 bits per heavy atom. The zero-order chi connectivity index (χ0) is 14.4. The van der Waals surface area contributed by atoms with Crippen molar-refractivity contribution < 1.29 is 9.84 Å². The van der Waals surface area contributed by atoms with Gasteiger partial charge in [-0.25, -0.2) is 0 Å². The largest absolute Gasteiger partial charge is 0.390 e. The zero-order valence-electron chi connectivity index (χ0n) is 12.4. The third-order valence-electron chi connectivity index (χ3n) is 3.36. The fourth-order valence-corrected chi connectivity index (χ4v) is 2.33. The Bertz CT molecular complexity index is 389. The predicted molar refractivity (Wildman–Crippen MR) is 82.5 cm³/mol. The van der Waals surface area contributed by atoms with Crippen LogP contribution >= 0.6 is 0 Å². The second-order valence-electron chi connectivity index (χ2n) is 5.44. The van der Waals surface area contributed by atoms with Crippen LogP contribution < -0.4 is 10.2 Å². The molecule has 1 heterocycles. The van der Waals surface area contributed by atoms with Gasteiger partial charge < -0.3 is 25.0 Å². The van der Waals surface area contributed by atoms with E-state index in [-0.39, 0.29) is 6.10 Å². The lowest BCUT2D eigenvalue weighted by Gasteiger charge is -2.29. The molecule has 1 saturated heterocycles. The first-order valence-corrected chi connectivity index (χ1v) is 7.14. The number of hydrogen-bond acceptors (Lipinski definition) is 5. The highest BCUT2D eigenvalue weighted by Crippen LogP contribution is 2.18. The summed E-state index contributed by atoms with van der Waals surface area (Å²) >= 11 is 0. The Hall–Kier alpha value is -1.30. The summed E-state index contributed by atoms with van der Waals surface area (Å²) in [5, 5.41) is 13.1. The van der Waals surface area contributed by atoms with E-state index in [9.17, 15) is 5.11 Å². The zero-order valence-corrected chi connectivity index (χ0v) is 12.4. The molecule has 1 atom stereocenters. The van der Waals surface area contributed by atoms with Crippen LogP contribution in [0.25, 0.3) is 0 Å². The van der Waals surface area contributed by atoms with Gasteiger partial charge in [-0.15, -0.1) is 0 Å². The summed E-state index contributed by atoms with van der Waals surface area (Å²) in [6.07, 6.45) is -0.357. The molecule has 5 heteroatoms. The van der Waals surface area contributed by atoms with Crippen molar-refractivity contribution in [3.63, 3.8) is 0 Å². The van der Waals surface area contributed by atoms with Crippen molar-refractivity contribution in [1.82, 2.24) is 4.90 Å². The number of aliphatic hydroxyl groups is 1. The number of rotatable bonds is 6. The van der Waals surface area contributed by atoms with Gasteiger partial charge in [0.25, 0.3) is 0 Å². The first kappa shape index (κ1) is 15.1. The number of anilines is 2. The fraction of sp³-hybridized carbons (Fsp3) is 0.600. The molecule has 5 nitrogen and oxygen atoms in total. The average molecular weight is 279 g/mol. The van der Waals surface area contributed by atoms with Gasteiger partial charge in [-0.2, -0.15) is 0 Å². The molecule has 1 aromatic carbocycles. The Balaban J connectivity index is 1.82. The first-order chi connectivity index (χ1) is 9.65. The standard InChI is InChI=1S/C15H25N3O2/c1-17(2)12-15(19)11-16-13-3-5-14(6-4-13)18-7-9-20-10-8-18/h3-6,15-16,19H,7-12H2,1-2H3. The monoisotopic (exact) mass is 279 g/mol. The summed E-state index contributed by atoms with van der Waals surface area (Å²) in [5.74, 6) is 0. The number of ether oxygens (including phenoxy) is 1. The Morgan fingerprint density at radius 3 is 2.50 bits per heavy atom. The van der Waals surface area contributed by atoms with E-state index in [0.717, 1.165) is 32.0 Å². The average Bonchev–Trinajstić information content (AvgIpc) is 2.46. The third-order valence-corrected chi connectivity index (χ3v) is 3.36. The van der Waals surface area contributed by atoms with Crippen LogP contribution in [0.1, 0.15) is 0 Å². The molecule has 0 aromatic heterocycles. The minimum Gasteiger partial charge on any atom is -0.390 e. The van der Waals surface area contributed by atoms with E-state index >= 15 is 0 Å². The smallest absolute Gasteiger partial charge is 0.0838 e. The summed E-state index contributed by atoms with van der Waals surface area (Å²) in [5.41, 5.74) is 2.27. The SMILES string of the molecule is CN(C)CC(O)CNc1ccc(N2CCOCC2)cc1. The van der Waals surface area contributed by atoms with Crippen LogP contribution in [0.4, 0.5) is 11.4 Å². The van der Waals surface area contributed by atoms with Gasteiger partial charge in [-0.05, 0) is 38.4 Å². The van der Waals surface area contributed by atoms with E-state index in [1.807, 2.05) is 19.0 Å². The molecule has 1 aliphatic heterocycles. The number of likely N-dealkylation sites (N-methyl/N-ethyl adjacent to an activating group) is 1. The molecule has 0 saturated carbocycles. The number of aliphatic hydroxyl groups excluding tert-OH is 1. The maximum absolute atomic E-state index is 9.81. The Morgan fingerprint density at radius 1 is 1.25 bits per heavy atom. The fourth-order valence-electron chi connectivity index (χ4n) is 2.33. The first-order valence-electron chi connectivity index (χ1n) is 7.14. The van der Waals surface area contributed by atoms with E-state index < -0.39 is 0 Å². The van der Waals surface area contributed by atoms with Crippen molar-refractivity contribution in [2.24, 2.45) is 0 Å². The highest BCUT2D eigenvalue weighted by Gasteiger charge is 2.11. The van der Waals surface area contributed by atoms with Crippen LogP contribution in [-0.4, -0.2) is 69.6 Å². The molecule has 0 aliphatic carbocycles. The molecule has 0 spiro atoms. The molecule has 2 rings (SSSR count). The molecular formula is C15H25N3O2. The number of nitrogens with one attached hydrogen (secondary N) is 1. The second-order valence-corrected chi connectivity index (χ2v) is 5.44. The Kier molecular flexibility index (Phi) is 5.64. The second kappa shape index (κ2) is 7.47. The number of nitrogens with zero attached hydrogens (tertiary/aromatic N) is 2. The minimum absolute atomic E-state index is 0.357. The number of morpholine rings is 1.